The Bertz CT molecular complexity index is 1310. The van der Waals surface area contributed by atoms with Crippen LogP contribution in [0.2, 0.25) is 5.02 Å². The van der Waals surface area contributed by atoms with Gasteiger partial charge in [0.1, 0.15) is 0 Å². The Morgan fingerprint density at radius 2 is 1.71 bits per heavy atom. The molecule has 0 spiro atoms. The lowest BCUT2D eigenvalue weighted by Gasteiger charge is -2.39. The first-order valence-corrected chi connectivity index (χ1v) is 11.8. The number of carbonyl (C=O) groups excluding carboxylic acids is 1. The van der Waals surface area contributed by atoms with Gasteiger partial charge in [-0.15, -0.1) is 0 Å². The van der Waals surface area contributed by atoms with E-state index in [2.05, 4.69) is 9.88 Å². The molecule has 0 bridgehead atoms. The number of methoxy groups -OCH3 is 3. The number of carbonyl (C=O) groups is 1. The highest BCUT2D eigenvalue weighted by molar-refractivity contribution is 6.31. The zero-order valence-corrected chi connectivity index (χ0v) is 20.3. The molecule has 0 saturated carbocycles. The summed E-state index contributed by atoms with van der Waals surface area (Å²) in [5, 5.41) is 0.595. The number of hydrogen-bond acceptors (Lipinski definition) is 6. The molecule has 0 amide bonds. The Labute approximate surface area is 202 Å². The number of imidazole rings is 1. The number of Topliss-reactive ketones (excluding diaryl/α,β-unsaturated/α-hetero) is 1. The van der Waals surface area contributed by atoms with Gasteiger partial charge in [-0.3, -0.25) is 14.3 Å². The van der Waals surface area contributed by atoms with Gasteiger partial charge in [-0.2, -0.15) is 0 Å². The molecule has 1 saturated heterocycles. The second-order valence-corrected chi connectivity index (χ2v) is 9.26. The van der Waals surface area contributed by atoms with Crippen LogP contribution in [-0.4, -0.2) is 60.7 Å². The Morgan fingerprint density at radius 1 is 0.971 bits per heavy atom. The summed E-state index contributed by atoms with van der Waals surface area (Å²) in [6.07, 6.45) is 3.02. The van der Waals surface area contributed by atoms with Crippen LogP contribution in [0.5, 0.6) is 17.2 Å². The molecular formula is C25H28ClN3O5. The van der Waals surface area contributed by atoms with Crippen LogP contribution in [0.1, 0.15) is 41.2 Å². The van der Waals surface area contributed by atoms with E-state index < -0.39 is 0 Å². The topological polar surface area (TPSA) is 85.8 Å². The summed E-state index contributed by atoms with van der Waals surface area (Å²) >= 11 is 6.08. The molecular weight excluding hydrogens is 458 g/mol. The van der Waals surface area contributed by atoms with Crippen LogP contribution in [0.4, 0.5) is 0 Å². The summed E-state index contributed by atoms with van der Waals surface area (Å²) < 4.78 is 18.4. The summed E-state index contributed by atoms with van der Waals surface area (Å²) in [6.45, 7) is 1.49. The third-order valence-electron chi connectivity index (χ3n) is 7.15. The molecule has 1 aliphatic carbocycles. The Morgan fingerprint density at radius 3 is 2.38 bits per heavy atom. The fourth-order valence-electron chi connectivity index (χ4n) is 5.55. The van der Waals surface area contributed by atoms with Gasteiger partial charge < -0.3 is 19.2 Å². The van der Waals surface area contributed by atoms with Crippen LogP contribution in [0.25, 0.3) is 11.0 Å². The maximum Gasteiger partial charge on any atom is 0.326 e. The van der Waals surface area contributed by atoms with Gasteiger partial charge in [0.15, 0.2) is 17.3 Å². The number of nitrogens with one attached hydrogen (secondary N) is 1. The summed E-state index contributed by atoms with van der Waals surface area (Å²) in [6, 6.07) is 7.12. The number of aromatic nitrogens is 2. The van der Waals surface area contributed by atoms with E-state index in [9.17, 15) is 9.59 Å². The van der Waals surface area contributed by atoms with Crippen LogP contribution < -0.4 is 19.9 Å². The second kappa shape index (κ2) is 9.00. The van der Waals surface area contributed by atoms with Crippen molar-refractivity contribution in [2.24, 2.45) is 0 Å². The van der Waals surface area contributed by atoms with Crippen molar-refractivity contribution in [3.05, 3.63) is 50.9 Å². The molecule has 1 aromatic heterocycles. The van der Waals surface area contributed by atoms with E-state index in [4.69, 9.17) is 25.8 Å². The van der Waals surface area contributed by atoms with E-state index in [1.165, 1.54) is 0 Å². The van der Waals surface area contributed by atoms with E-state index in [1.807, 2.05) is 10.6 Å². The molecule has 34 heavy (non-hydrogen) atoms. The molecule has 180 valence electrons. The van der Waals surface area contributed by atoms with Crippen molar-refractivity contribution in [2.45, 2.75) is 37.8 Å². The normalized spacial score (nSPS) is 19.3. The largest absolute Gasteiger partial charge is 0.493 e. The maximum absolute atomic E-state index is 13.6. The molecule has 2 heterocycles. The summed E-state index contributed by atoms with van der Waals surface area (Å²) in [5.74, 6) is 1.66. The molecule has 1 fully saturated rings. The minimum atomic E-state index is -0.199. The Balaban J connectivity index is 1.37. The second-order valence-electron chi connectivity index (χ2n) is 8.82. The Hall–Kier alpha value is -2.97. The van der Waals surface area contributed by atoms with Crippen molar-refractivity contribution in [1.29, 1.82) is 0 Å². The number of ketones is 1. The van der Waals surface area contributed by atoms with Crippen LogP contribution >= 0.6 is 11.6 Å². The third-order valence-corrected chi connectivity index (χ3v) is 7.39. The zero-order valence-electron chi connectivity index (χ0n) is 19.5. The minimum Gasteiger partial charge on any atom is -0.493 e. The highest BCUT2D eigenvalue weighted by Gasteiger charge is 2.37. The molecule has 1 unspecified atom stereocenters. The van der Waals surface area contributed by atoms with Gasteiger partial charge in [-0.25, -0.2) is 4.79 Å². The molecule has 2 aliphatic rings. The molecule has 1 N–H and O–H groups in total. The molecule has 8 nitrogen and oxygen atoms in total. The average molecular weight is 486 g/mol. The van der Waals surface area contributed by atoms with Crippen molar-refractivity contribution >= 4 is 28.4 Å². The van der Waals surface area contributed by atoms with Gasteiger partial charge >= 0.3 is 5.69 Å². The average Bonchev–Trinajstić information content (AvgIpc) is 3.17. The van der Waals surface area contributed by atoms with Crippen LogP contribution in [-0.2, 0) is 6.42 Å². The van der Waals surface area contributed by atoms with Crippen molar-refractivity contribution in [2.75, 3.05) is 34.4 Å². The van der Waals surface area contributed by atoms with Crippen molar-refractivity contribution < 1.29 is 19.0 Å². The van der Waals surface area contributed by atoms with E-state index in [1.54, 1.807) is 39.5 Å². The number of H-pyrrole nitrogens is 1. The fourth-order valence-corrected chi connectivity index (χ4v) is 5.72. The smallest absolute Gasteiger partial charge is 0.326 e. The highest BCUT2D eigenvalue weighted by Crippen LogP contribution is 2.45. The van der Waals surface area contributed by atoms with E-state index in [0.29, 0.717) is 34.3 Å². The molecule has 0 radical (unpaired) electrons. The van der Waals surface area contributed by atoms with E-state index >= 15 is 0 Å². The van der Waals surface area contributed by atoms with Crippen molar-refractivity contribution in [3.63, 3.8) is 0 Å². The summed E-state index contributed by atoms with van der Waals surface area (Å²) in [5.41, 5.74) is 3.00. The van der Waals surface area contributed by atoms with Gasteiger partial charge in [-0.1, -0.05) is 11.6 Å². The number of fused-ring (bicyclic) bond motifs is 2. The lowest BCUT2D eigenvalue weighted by atomic mass is 9.84. The van der Waals surface area contributed by atoms with Gasteiger partial charge in [0.25, 0.3) is 0 Å². The maximum atomic E-state index is 13.6. The van der Waals surface area contributed by atoms with Gasteiger partial charge in [0.05, 0.1) is 38.4 Å². The molecule has 1 aliphatic heterocycles. The van der Waals surface area contributed by atoms with Crippen molar-refractivity contribution in [3.8, 4) is 17.2 Å². The van der Waals surface area contributed by atoms with Crippen LogP contribution in [0, 0.1) is 0 Å². The first-order valence-electron chi connectivity index (χ1n) is 11.5. The predicted molar refractivity (Wildman–Crippen MR) is 130 cm³/mol. The van der Waals surface area contributed by atoms with Gasteiger partial charge in [-0.05, 0) is 49.9 Å². The molecule has 1 atom stereocenters. The minimum absolute atomic E-state index is 0.0779. The van der Waals surface area contributed by atoms with Gasteiger partial charge in [0, 0.05) is 35.3 Å². The monoisotopic (exact) mass is 485 g/mol. The number of hydrogen-bond donors (Lipinski definition) is 1. The number of benzene rings is 2. The highest BCUT2D eigenvalue weighted by atomic mass is 35.5. The molecule has 9 heteroatoms. The fraction of sp³-hybridized carbons (Fsp3) is 0.440. The zero-order chi connectivity index (χ0) is 24.0. The number of aromatic amines is 1. The first kappa shape index (κ1) is 22.8. The van der Waals surface area contributed by atoms with Crippen LogP contribution in [0.3, 0.4) is 0 Å². The van der Waals surface area contributed by atoms with Crippen molar-refractivity contribution in [1.82, 2.24) is 14.5 Å². The number of nitrogens with zero attached hydrogens (tertiary/aromatic N) is 2. The third kappa shape index (κ3) is 3.65. The number of likely N-dealkylation sites (tertiary alicyclic amines) is 1. The van der Waals surface area contributed by atoms with Crippen LogP contribution in [0.15, 0.2) is 29.1 Å². The lowest BCUT2D eigenvalue weighted by Crippen LogP contribution is -2.48. The molecule has 5 rings (SSSR count). The number of ether oxygens (including phenoxy) is 3. The van der Waals surface area contributed by atoms with E-state index in [-0.39, 0.29) is 23.6 Å². The van der Waals surface area contributed by atoms with E-state index in [0.717, 1.165) is 48.9 Å². The SMILES string of the molecule is COc1cc2c(c(OC)c1OC)CCC(N1CCC(n3c(=O)[nH]c4cc(Cl)ccc43)CC1)C2=O. The quantitative estimate of drug-likeness (QED) is 0.591. The molecule has 3 aromatic rings. The Kier molecular flexibility index (Phi) is 6.04. The predicted octanol–water partition coefficient (Wildman–Crippen LogP) is 3.84. The summed E-state index contributed by atoms with van der Waals surface area (Å²) in [7, 11) is 4.71. The number of piperidine rings is 1. The standard InChI is InChI=1S/C25H28ClN3O5/c1-32-21-13-17-16(23(33-2)24(21)34-3)5-7-20(22(17)30)28-10-8-15(9-11-28)29-19-6-4-14(26)12-18(19)27-25(29)31/h4,6,12-13,15,20H,5,7-11H2,1-3H3,(H,27,31). The molecule has 2 aromatic carbocycles. The summed E-state index contributed by atoms with van der Waals surface area (Å²) in [4.78, 5) is 31.4. The number of halogens is 1. The van der Waals surface area contributed by atoms with Gasteiger partial charge in [0.2, 0.25) is 5.75 Å². The number of rotatable bonds is 5. The lowest BCUT2D eigenvalue weighted by molar-refractivity contribution is 0.0711. The first-order chi connectivity index (χ1) is 16.5.